The van der Waals surface area contributed by atoms with E-state index in [2.05, 4.69) is 9.82 Å². The van der Waals surface area contributed by atoms with E-state index in [1.807, 2.05) is 6.92 Å². The van der Waals surface area contributed by atoms with Crippen LogP contribution in [0.4, 0.5) is 11.4 Å². The second-order valence-corrected chi connectivity index (χ2v) is 6.23. The molecule has 3 N–H and O–H groups in total. The van der Waals surface area contributed by atoms with Gasteiger partial charge in [-0.05, 0) is 19.1 Å². The molecule has 2 rings (SSSR count). The topological polar surface area (TPSA) is 99.2 Å². The number of rotatable bonds is 7. The van der Waals surface area contributed by atoms with Crippen molar-refractivity contribution >= 4 is 21.4 Å². The molecule has 1 aromatic heterocycles. The average Bonchev–Trinajstić information content (AvgIpc) is 2.87. The molecule has 0 saturated carbocycles. The fraction of sp³-hybridized carbons (Fsp3) is 0.308. The Labute approximate surface area is 123 Å². The number of anilines is 2. The zero-order valence-electron chi connectivity index (χ0n) is 11.7. The molecule has 0 bridgehead atoms. The van der Waals surface area contributed by atoms with E-state index in [-0.39, 0.29) is 12.4 Å². The Morgan fingerprint density at radius 3 is 2.81 bits per heavy atom. The Bertz CT molecular complexity index is 697. The number of hydrogen-bond acceptors (Lipinski definition) is 5. The lowest BCUT2D eigenvalue weighted by Gasteiger charge is -2.09. The fourth-order valence-corrected chi connectivity index (χ4v) is 2.56. The first-order chi connectivity index (χ1) is 10.00. The van der Waals surface area contributed by atoms with Crippen molar-refractivity contribution in [1.82, 2.24) is 9.78 Å². The molecule has 0 aliphatic heterocycles. The van der Waals surface area contributed by atoms with Gasteiger partial charge in [0.25, 0.3) is 0 Å². The summed E-state index contributed by atoms with van der Waals surface area (Å²) in [6, 6.07) is 6.95. The summed E-state index contributed by atoms with van der Waals surface area (Å²) in [5.41, 5.74) is 6.63. The minimum Gasteiger partial charge on any atom is -0.490 e. The molecule has 0 atom stereocenters. The highest BCUT2D eigenvalue weighted by molar-refractivity contribution is 7.92. The molecule has 0 unspecified atom stereocenters. The Morgan fingerprint density at radius 1 is 1.38 bits per heavy atom. The van der Waals surface area contributed by atoms with Gasteiger partial charge in [0.1, 0.15) is 18.1 Å². The zero-order chi connectivity index (χ0) is 15.3. The summed E-state index contributed by atoms with van der Waals surface area (Å²) >= 11 is 0. The van der Waals surface area contributed by atoms with Crippen LogP contribution in [0.25, 0.3) is 0 Å². The third kappa shape index (κ3) is 4.38. The molecule has 0 radical (unpaired) electrons. The molecular weight excluding hydrogens is 292 g/mol. The van der Waals surface area contributed by atoms with Gasteiger partial charge in [0.2, 0.25) is 10.0 Å². The molecule has 2 aromatic rings. The van der Waals surface area contributed by atoms with Crippen molar-refractivity contribution in [3.8, 4) is 5.75 Å². The Hall–Kier alpha value is -2.22. The lowest BCUT2D eigenvalue weighted by atomic mass is 10.3. The molecule has 1 aromatic carbocycles. The largest absolute Gasteiger partial charge is 0.490 e. The van der Waals surface area contributed by atoms with Gasteiger partial charge in [-0.25, -0.2) is 8.42 Å². The van der Waals surface area contributed by atoms with Gasteiger partial charge in [-0.3, -0.25) is 9.40 Å². The molecule has 7 nitrogen and oxygen atoms in total. The highest BCUT2D eigenvalue weighted by Gasteiger charge is 2.12. The summed E-state index contributed by atoms with van der Waals surface area (Å²) in [5.74, 6) is 0.310. The molecule has 0 saturated heterocycles. The average molecular weight is 310 g/mol. The van der Waals surface area contributed by atoms with Crippen LogP contribution >= 0.6 is 0 Å². The fourth-order valence-electron chi connectivity index (χ4n) is 1.69. The van der Waals surface area contributed by atoms with E-state index in [1.165, 1.54) is 6.20 Å². The summed E-state index contributed by atoms with van der Waals surface area (Å²) in [6.45, 7) is 2.62. The van der Waals surface area contributed by atoms with E-state index in [4.69, 9.17) is 10.5 Å². The van der Waals surface area contributed by atoms with Gasteiger partial charge in [0.05, 0.1) is 17.6 Å². The normalized spacial score (nSPS) is 11.3. The number of ether oxygens (including phenoxy) is 1. The Morgan fingerprint density at radius 2 is 2.14 bits per heavy atom. The minimum absolute atomic E-state index is 0.0193. The maximum atomic E-state index is 11.9. The molecule has 0 aliphatic rings. The van der Waals surface area contributed by atoms with Crippen molar-refractivity contribution in [1.29, 1.82) is 0 Å². The van der Waals surface area contributed by atoms with Gasteiger partial charge in [-0.2, -0.15) is 5.10 Å². The summed E-state index contributed by atoms with van der Waals surface area (Å²) in [7, 11) is -3.48. The standard InChI is InChI=1S/C13H18N4O3S/c1-2-17-10-11(9-15-17)16-21(18,19)8-7-20-13-6-4-3-5-12(13)14/h3-6,9-10,16H,2,7-8,14H2,1H3. The number of nitrogens with zero attached hydrogens (tertiary/aromatic N) is 2. The van der Waals surface area contributed by atoms with E-state index >= 15 is 0 Å². The van der Waals surface area contributed by atoms with Crippen LogP contribution in [0.15, 0.2) is 36.7 Å². The lowest BCUT2D eigenvalue weighted by molar-refractivity contribution is 0.343. The maximum absolute atomic E-state index is 11.9. The van der Waals surface area contributed by atoms with Crippen molar-refractivity contribution in [2.45, 2.75) is 13.5 Å². The number of nitrogens with one attached hydrogen (secondary N) is 1. The highest BCUT2D eigenvalue weighted by atomic mass is 32.2. The molecular formula is C13H18N4O3S. The van der Waals surface area contributed by atoms with Crippen molar-refractivity contribution < 1.29 is 13.2 Å². The van der Waals surface area contributed by atoms with Crippen LogP contribution in [0.1, 0.15) is 6.92 Å². The molecule has 21 heavy (non-hydrogen) atoms. The maximum Gasteiger partial charge on any atom is 0.236 e. The quantitative estimate of drug-likeness (QED) is 0.751. The third-order valence-electron chi connectivity index (χ3n) is 2.76. The number of para-hydroxylation sites is 2. The molecule has 0 fully saturated rings. The first-order valence-electron chi connectivity index (χ1n) is 6.50. The van der Waals surface area contributed by atoms with Crippen molar-refractivity contribution in [2.75, 3.05) is 22.8 Å². The van der Waals surface area contributed by atoms with E-state index in [9.17, 15) is 8.42 Å². The van der Waals surface area contributed by atoms with Crippen LogP contribution in [-0.4, -0.2) is 30.6 Å². The van der Waals surface area contributed by atoms with E-state index < -0.39 is 10.0 Å². The number of aromatic nitrogens is 2. The lowest BCUT2D eigenvalue weighted by Crippen LogP contribution is -2.21. The van der Waals surface area contributed by atoms with Gasteiger partial charge in [0, 0.05) is 12.7 Å². The van der Waals surface area contributed by atoms with Crippen molar-refractivity contribution in [2.24, 2.45) is 0 Å². The Kier molecular flexibility index (Phi) is 4.69. The van der Waals surface area contributed by atoms with Gasteiger partial charge in [-0.15, -0.1) is 0 Å². The zero-order valence-corrected chi connectivity index (χ0v) is 12.5. The summed E-state index contributed by atoms with van der Waals surface area (Å²) in [5, 5.41) is 4.00. The number of hydrogen-bond donors (Lipinski definition) is 2. The van der Waals surface area contributed by atoms with Crippen LogP contribution in [0.2, 0.25) is 0 Å². The molecule has 0 amide bonds. The van der Waals surface area contributed by atoms with Crippen LogP contribution in [0.3, 0.4) is 0 Å². The van der Waals surface area contributed by atoms with Gasteiger partial charge in [-0.1, -0.05) is 12.1 Å². The predicted octanol–water partition coefficient (Wildman–Crippen LogP) is 1.31. The summed E-state index contributed by atoms with van der Waals surface area (Å²) < 4.78 is 33.3. The van der Waals surface area contributed by atoms with E-state index in [1.54, 1.807) is 35.1 Å². The second kappa shape index (κ2) is 6.49. The van der Waals surface area contributed by atoms with Crippen LogP contribution in [0, 0.1) is 0 Å². The Balaban J connectivity index is 1.88. The molecule has 114 valence electrons. The molecule has 1 heterocycles. The van der Waals surface area contributed by atoms with Gasteiger partial charge >= 0.3 is 0 Å². The van der Waals surface area contributed by atoms with Gasteiger partial charge < -0.3 is 10.5 Å². The van der Waals surface area contributed by atoms with Crippen molar-refractivity contribution in [3.63, 3.8) is 0 Å². The second-order valence-electron chi connectivity index (χ2n) is 4.39. The van der Waals surface area contributed by atoms with Crippen LogP contribution in [-0.2, 0) is 16.6 Å². The number of nitrogens with two attached hydrogens (primary N) is 1. The SMILES string of the molecule is CCn1cc(NS(=O)(=O)CCOc2ccccc2N)cn1. The first-order valence-corrected chi connectivity index (χ1v) is 8.15. The predicted molar refractivity (Wildman–Crippen MR) is 81.7 cm³/mol. The molecule has 0 spiro atoms. The van der Waals surface area contributed by atoms with Crippen molar-refractivity contribution in [3.05, 3.63) is 36.7 Å². The molecule has 8 heteroatoms. The van der Waals surface area contributed by atoms with E-state index in [0.717, 1.165) is 0 Å². The smallest absolute Gasteiger partial charge is 0.236 e. The van der Waals surface area contributed by atoms with Crippen LogP contribution in [0.5, 0.6) is 5.75 Å². The minimum atomic E-state index is -3.48. The van der Waals surface area contributed by atoms with Crippen LogP contribution < -0.4 is 15.2 Å². The first kappa shape index (κ1) is 15.2. The monoisotopic (exact) mass is 310 g/mol. The highest BCUT2D eigenvalue weighted by Crippen LogP contribution is 2.19. The number of aryl methyl sites for hydroxylation is 1. The number of benzene rings is 1. The van der Waals surface area contributed by atoms with Gasteiger partial charge in [0.15, 0.2) is 0 Å². The number of nitrogen functional groups attached to an aromatic ring is 1. The van der Waals surface area contributed by atoms with E-state index in [0.29, 0.717) is 23.7 Å². The summed E-state index contributed by atoms with van der Waals surface area (Å²) in [6.07, 6.45) is 3.10. The third-order valence-corrected chi connectivity index (χ3v) is 4.01. The molecule has 0 aliphatic carbocycles. The summed E-state index contributed by atoms with van der Waals surface area (Å²) in [4.78, 5) is 0. The number of sulfonamides is 1.